The second-order valence-electron chi connectivity index (χ2n) is 19.9. The van der Waals surface area contributed by atoms with Gasteiger partial charge in [-0.2, -0.15) is 0 Å². The number of esters is 3. The highest BCUT2D eigenvalue weighted by atomic mass is 16.6. The smallest absolute Gasteiger partial charge is 0.306 e. The maximum absolute atomic E-state index is 12.8. The fourth-order valence-corrected chi connectivity index (χ4v) is 8.98. The van der Waals surface area contributed by atoms with Crippen molar-refractivity contribution in [2.75, 3.05) is 13.2 Å². The van der Waals surface area contributed by atoms with Crippen LogP contribution in [0.1, 0.15) is 335 Å². The van der Waals surface area contributed by atoms with E-state index < -0.39 is 6.10 Å². The zero-order valence-corrected chi connectivity index (χ0v) is 43.6. The highest BCUT2D eigenvalue weighted by molar-refractivity contribution is 5.71. The monoisotopic (exact) mass is 905 g/mol. The number of unbranched alkanes of at least 4 members (excludes halogenated alkanes) is 43. The summed E-state index contributed by atoms with van der Waals surface area (Å²) in [5.41, 5.74) is 0. The highest BCUT2D eigenvalue weighted by Crippen LogP contribution is 2.18. The lowest BCUT2D eigenvalue weighted by atomic mass is 10.0. The molecule has 0 aromatic heterocycles. The van der Waals surface area contributed by atoms with E-state index in [2.05, 4.69) is 20.8 Å². The van der Waals surface area contributed by atoms with E-state index in [-0.39, 0.29) is 31.1 Å². The highest BCUT2D eigenvalue weighted by Gasteiger charge is 2.19. The molecule has 0 rings (SSSR count). The first kappa shape index (κ1) is 62.4. The van der Waals surface area contributed by atoms with Crippen LogP contribution in [-0.4, -0.2) is 37.2 Å². The van der Waals surface area contributed by atoms with Crippen molar-refractivity contribution in [1.82, 2.24) is 0 Å². The van der Waals surface area contributed by atoms with Crippen molar-refractivity contribution in [2.24, 2.45) is 0 Å². The van der Waals surface area contributed by atoms with Gasteiger partial charge in [-0.1, -0.05) is 297 Å². The summed E-state index contributed by atoms with van der Waals surface area (Å²) in [6.07, 6.45) is 59.5. The molecule has 0 saturated heterocycles. The van der Waals surface area contributed by atoms with Crippen LogP contribution >= 0.6 is 0 Å². The Morgan fingerprint density at radius 3 is 0.625 bits per heavy atom. The van der Waals surface area contributed by atoms with Crippen LogP contribution in [0.2, 0.25) is 0 Å². The Morgan fingerprint density at radius 1 is 0.250 bits per heavy atom. The van der Waals surface area contributed by atoms with E-state index in [0.29, 0.717) is 19.3 Å². The van der Waals surface area contributed by atoms with Gasteiger partial charge in [-0.3, -0.25) is 14.4 Å². The summed E-state index contributed by atoms with van der Waals surface area (Å²) < 4.78 is 16.9. The van der Waals surface area contributed by atoms with E-state index >= 15 is 0 Å². The molecule has 0 aliphatic rings. The topological polar surface area (TPSA) is 78.9 Å². The van der Waals surface area contributed by atoms with Gasteiger partial charge in [-0.25, -0.2) is 0 Å². The minimum absolute atomic E-state index is 0.0611. The van der Waals surface area contributed by atoms with Crippen molar-refractivity contribution < 1.29 is 28.6 Å². The molecule has 0 unspecified atom stereocenters. The summed E-state index contributed by atoms with van der Waals surface area (Å²) >= 11 is 0. The lowest BCUT2D eigenvalue weighted by Crippen LogP contribution is -2.30. The molecular weight excluding hydrogens is 793 g/mol. The van der Waals surface area contributed by atoms with Crippen molar-refractivity contribution in [3.05, 3.63) is 0 Å². The Labute approximate surface area is 399 Å². The Balaban J connectivity index is 4.27. The first-order chi connectivity index (χ1) is 31.5. The molecule has 0 bridgehead atoms. The average Bonchev–Trinajstić information content (AvgIpc) is 3.29. The van der Waals surface area contributed by atoms with E-state index in [1.165, 1.54) is 238 Å². The van der Waals surface area contributed by atoms with Crippen LogP contribution in [-0.2, 0) is 28.6 Å². The van der Waals surface area contributed by atoms with E-state index in [4.69, 9.17) is 14.2 Å². The van der Waals surface area contributed by atoms with Gasteiger partial charge in [-0.05, 0) is 19.3 Å². The molecule has 380 valence electrons. The summed E-state index contributed by atoms with van der Waals surface area (Å²) in [6, 6.07) is 0. The largest absolute Gasteiger partial charge is 0.462 e. The number of hydrogen-bond donors (Lipinski definition) is 0. The standard InChI is InChI=1S/C58H112O6/c1-4-7-10-13-16-19-22-25-27-28-29-30-31-34-37-40-43-46-49-52-58(61)64-55(53-62-56(59)50-47-44-41-38-35-32-24-21-18-15-12-9-6-3)54-63-57(60)51-48-45-42-39-36-33-26-23-20-17-14-11-8-5-2/h55H,4-54H2,1-3H3/t55-/m1/s1. The second kappa shape index (κ2) is 54.0. The summed E-state index contributed by atoms with van der Waals surface area (Å²) in [5, 5.41) is 0. The van der Waals surface area contributed by atoms with Gasteiger partial charge in [0.15, 0.2) is 6.10 Å². The van der Waals surface area contributed by atoms with Crippen LogP contribution in [0.25, 0.3) is 0 Å². The van der Waals surface area contributed by atoms with Crippen LogP contribution in [0.5, 0.6) is 0 Å². The lowest BCUT2D eigenvalue weighted by Gasteiger charge is -2.18. The molecule has 0 radical (unpaired) electrons. The Bertz CT molecular complexity index is 951. The van der Waals surface area contributed by atoms with Gasteiger partial charge in [0.2, 0.25) is 0 Å². The summed E-state index contributed by atoms with van der Waals surface area (Å²) in [6.45, 7) is 6.71. The SMILES string of the molecule is CCCCCCCCCCCCCCCCCCCCCC(=O)O[C@H](COC(=O)CCCCCCCCCCCCCCC)COC(=O)CCCCCCCCCCCCCCCC. The molecule has 0 N–H and O–H groups in total. The Morgan fingerprint density at radius 2 is 0.422 bits per heavy atom. The van der Waals surface area contributed by atoms with Crippen LogP contribution in [0, 0.1) is 0 Å². The summed E-state index contributed by atoms with van der Waals surface area (Å²) in [7, 11) is 0. The van der Waals surface area contributed by atoms with Crippen molar-refractivity contribution in [3.8, 4) is 0 Å². The molecule has 0 amide bonds. The first-order valence-corrected chi connectivity index (χ1v) is 29.0. The van der Waals surface area contributed by atoms with E-state index in [0.717, 1.165) is 57.8 Å². The van der Waals surface area contributed by atoms with Crippen LogP contribution in [0.4, 0.5) is 0 Å². The molecule has 0 aliphatic carbocycles. The number of ether oxygens (including phenoxy) is 3. The third-order valence-electron chi connectivity index (χ3n) is 13.4. The lowest BCUT2D eigenvalue weighted by molar-refractivity contribution is -0.167. The second-order valence-corrected chi connectivity index (χ2v) is 19.9. The molecule has 0 aromatic carbocycles. The molecule has 6 nitrogen and oxygen atoms in total. The molecule has 6 heteroatoms. The minimum atomic E-state index is -0.760. The van der Waals surface area contributed by atoms with Gasteiger partial charge in [0.25, 0.3) is 0 Å². The zero-order chi connectivity index (χ0) is 46.5. The molecule has 0 fully saturated rings. The molecule has 0 spiro atoms. The number of hydrogen-bond acceptors (Lipinski definition) is 6. The van der Waals surface area contributed by atoms with Crippen molar-refractivity contribution >= 4 is 17.9 Å². The molecule has 1 atom stereocenters. The third-order valence-corrected chi connectivity index (χ3v) is 13.4. The molecule has 0 saturated carbocycles. The normalized spacial score (nSPS) is 11.9. The van der Waals surface area contributed by atoms with Gasteiger partial charge < -0.3 is 14.2 Å². The molecule has 0 heterocycles. The van der Waals surface area contributed by atoms with Gasteiger partial charge in [0.1, 0.15) is 13.2 Å². The predicted molar refractivity (Wildman–Crippen MR) is 275 cm³/mol. The Kier molecular flexibility index (Phi) is 52.7. The van der Waals surface area contributed by atoms with Crippen LogP contribution in [0.15, 0.2) is 0 Å². The zero-order valence-electron chi connectivity index (χ0n) is 43.6. The first-order valence-electron chi connectivity index (χ1n) is 29.0. The van der Waals surface area contributed by atoms with Crippen LogP contribution < -0.4 is 0 Å². The van der Waals surface area contributed by atoms with Crippen molar-refractivity contribution in [3.63, 3.8) is 0 Å². The molecule has 0 aromatic rings. The van der Waals surface area contributed by atoms with E-state index in [1.54, 1.807) is 0 Å². The number of rotatable bonds is 54. The van der Waals surface area contributed by atoms with Crippen molar-refractivity contribution in [2.45, 2.75) is 341 Å². The Hall–Kier alpha value is -1.59. The molecule has 64 heavy (non-hydrogen) atoms. The predicted octanol–water partition coefficient (Wildman–Crippen LogP) is 19.2. The van der Waals surface area contributed by atoms with Crippen LogP contribution in [0.3, 0.4) is 0 Å². The number of carbonyl (C=O) groups excluding carboxylic acids is 3. The maximum atomic E-state index is 12.8. The summed E-state index contributed by atoms with van der Waals surface area (Å²) in [5.74, 6) is -0.832. The third kappa shape index (κ3) is 51.4. The minimum Gasteiger partial charge on any atom is -0.462 e. The summed E-state index contributed by atoms with van der Waals surface area (Å²) in [4.78, 5) is 38.1. The fourth-order valence-electron chi connectivity index (χ4n) is 8.98. The van der Waals surface area contributed by atoms with E-state index in [1.807, 2.05) is 0 Å². The number of carbonyl (C=O) groups is 3. The fraction of sp³-hybridized carbons (Fsp3) is 0.948. The molecular formula is C58H112O6. The quantitative estimate of drug-likeness (QED) is 0.0344. The molecule has 0 aliphatic heterocycles. The van der Waals surface area contributed by atoms with Gasteiger partial charge in [0, 0.05) is 19.3 Å². The van der Waals surface area contributed by atoms with Gasteiger partial charge in [-0.15, -0.1) is 0 Å². The van der Waals surface area contributed by atoms with E-state index in [9.17, 15) is 14.4 Å². The van der Waals surface area contributed by atoms with Gasteiger partial charge in [0.05, 0.1) is 0 Å². The average molecular weight is 906 g/mol. The maximum Gasteiger partial charge on any atom is 0.306 e. The van der Waals surface area contributed by atoms with Crippen molar-refractivity contribution in [1.29, 1.82) is 0 Å². The van der Waals surface area contributed by atoms with Gasteiger partial charge >= 0.3 is 17.9 Å².